The van der Waals surface area contributed by atoms with E-state index in [0.717, 1.165) is 31.2 Å². The van der Waals surface area contributed by atoms with Crippen molar-refractivity contribution >= 4 is 5.90 Å². The topological polar surface area (TPSA) is 50.8 Å². The van der Waals surface area contributed by atoms with Crippen LogP contribution in [0.1, 0.15) is 20.8 Å². The summed E-state index contributed by atoms with van der Waals surface area (Å²) in [5.41, 5.74) is 6.64. The maximum Gasteiger partial charge on any atom is 0.213 e. The van der Waals surface area contributed by atoms with Crippen molar-refractivity contribution in [2.24, 2.45) is 22.1 Å². The average molecular weight is 239 g/mol. The SMILES string of the molecule is CN(C)CC1CN=C(/C(=C\N)C(C)(C)C)OC1. The van der Waals surface area contributed by atoms with Gasteiger partial charge in [-0.3, -0.25) is 4.99 Å². The Kier molecular flexibility index (Phi) is 4.57. The van der Waals surface area contributed by atoms with Crippen LogP contribution in [0.25, 0.3) is 0 Å². The maximum atomic E-state index is 5.75. The van der Waals surface area contributed by atoms with Crippen molar-refractivity contribution in [3.05, 3.63) is 11.8 Å². The largest absolute Gasteiger partial charge is 0.477 e. The Balaban J connectivity index is 2.68. The molecule has 98 valence electrons. The first-order chi connectivity index (χ1) is 7.84. The van der Waals surface area contributed by atoms with Crippen molar-refractivity contribution in [2.45, 2.75) is 20.8 Å². The molecule has 0 aliphatic carbocycles. The van der Waals surface area contributed by atoms with Crippen LogP contribution in [0.2, 0.25) is 0 Å². The maximum absolute atomic E-state index is 5.75. The van der Waals surface area contributed by atoms with E-state index in [1.54, 1.807) is 6.20 Å². The fourth-order valence-corrected chi connectivity index (χ4v) is 1.94. The summed E-state index contributed by atoms with van der Waals surface area (Å²) in [6.45, 7) is 8.90. The zero-order valence-corrected chi connectivity index (χ0v) is 11.7. The zero-order chi connectivity index (χ0) is 13.1. The van der Waals surface area contributed by atoms with Crippen molar-refractivity contribution in [2.75, 3.05) is 33.8 Å². The molecule has 0 aromatic heterocycles. The molecule has 1 heterocycles. The van der Waals surface area contributed by atoms with Crippen LogP contribution in [0.4, 0.5) is 0 Å². The van der Waals surface area contributed by atoms with Crippen molar-refractivity contribution in [1.29, 1.82) is 0 Å². The fourth-order valence-electron chi connectivity index (χ4n) is 1.94. The highest BCUT2D eigenvalue weighted by atomic mass is 16.5. The van der Waals surface area contributed by atoms with Gasteiger partial charge in [0.2, 0.25) is 5.90 Å². The molecule has 0 spiro atoms. The molecule has 1 rings (SSSR count). The lowest BCUT2D eigenvalue weighted by Crippen LogP contribution is -2.34. The normalized spacial score (nSPS) is 22.4. The van der Waals surface area contributed by atoms with Crippen LogP contribution < -0.4 is 5.73 Å². The van der Waals surface area contributed by atoms with E-state index in [0.29, 0.717) is 5.92 Å². The summed E-state index contributed by atoms with van der Waals surface area (Å²) in [4.78, 5) is 6.69. The number of rotatable bonds is 3. The summed E-state index contributed by atoms with van der Waals surface area (Å²) in [5, 5.41) is 0. The number of nitrogens with zero attached hydrogens (tertiary/aromatic N) is 2. The molecule has 17 heavy (non-hydrogen) atoms. The van der Waals surface area contributed by atoms with Gasteiger partial charge in [0.05, 0.1) is 13.2 Å². The lowest BCUT2D eigenvalue weighted by molar-refractivity contribution is 0.185. The highest BCUT2D eigenvalue weighted by molar-refractivity contribution is 5.94. The van der Waals surface area contributed by atoms with Gasteiger partial charge in [-0.2, -0.15) is 0 Å². The van der Waals surface area contributed by atoms with Gasteiger partial charge >= 0.3 is 0 Å². The minimum Gasteiger partial charge on any atom is -0.477 e. The first-order valence-electron chi connectivity index (χ1n) is 6.09. The van der Waals surface area contributed by atoms with Gasteiger partial charge in [0.1, 0.15) is 0 Å². The number of hydrogen-bond donors (Lipinski definition) is 1. The van der Waals surface area contributed by atoms with E-state index in [2.05, 4.69) is 44.8 Å². The summed E-state index contributed by atoms with van der Waals surface area (Å²) in [6.07, 6.45) is 1.62. The Labute approximate surface area is 105 Å². The molecule has 4 nitrogen and oxygen atoms in total. The van der Waals surface area contributed by atoms with Gasteiger partial charge in [-0.25, -0.2) is 0 Å². The molecule has 0 aromatic carbocycles. The molecule has 0 saturated carbocycles. The van der Waals surface area contributed by atoms with Gasteiger partial charge in [-0.15, -0.1) is 0 Å². The number of hydrogen-bond acceptors (Lipinski definition) is 4. The molecule has 0 aromatic rings. The Bertz CT molecular complexity index is 313. The number of ether oxygens (including phenoxy) is 1. The second-order valence-corrected chi connectivity index (χ2v) is 5.92. The van der Waals surface area contributed by atoms with Crippen molar-refractivity contribution in [3.8, 4) is 0 Å². The van der Waals surface area contributed by atoms with Gasteiger partial charge in [0.15, 0.2) is 0 Å². The average Bonchev–Trinajstić information content (AvgIpc) is 2.18. The second kappa shape index (κ2) is 5.54. The summed E-state index contributed by atoms with van der Waals surface area (Å²) in [7, 11) is 4.14. The molecule has 1 atom stereocenters. The van der Waals surface area contributed by atoms with Crippen LogP contribution in [0.3, 0.4) is 0 Å². The first-order valence-corrected chi connectivity index (χ1v) is 6.09. The van der Waals surface area contributed by atoms with Gasteiger partial charge in [-0.05, 0) is 19.5 Å². The lowest BCUT2D eigenvalue weighted by atomic mass is 9.86. The smallest absolute Gasteiger partial charge is 0.213 e. The Hall–Kier alpha value is -1.03. The standard InChI is InChI=1S/C13H25N3O/c1-13(2,3)11(6-14)12-15-7-10(9-17-12)8-16(4)5/h6,10H,7-9,14H2,1-5H3/b11-6+. The summed E-state index contributed by atoms with van der Waals surface area (Å²) < 4.78 is 5.75. The van der Waals surface area contributed by atoms with E-state index in [9.17, 15) is 0 Å². The van der Waals surface area contributed by atoms with E-state index in [1.807, 2.05) is 0 Å². The van der Waals surface area contributed by atoms with E-state index < -0.39 is 0 Å². The Morgan fingerprint density at radius 1 is 1.53 bits per heavy atom. The third-order valence-electron chi connectivity index (χ3n) is 2.78. The molecule has 0 radical (unpaired) electrons. The highest BCUT2D eigenvalue weighted by Gasteiger charge is 2.26. The number of nitrogens with two attached hydrogens (primary N) is 1. The quantitative estimate of drug-likeness (QED) is 0.811. The third-order valence-corrected chi connectivity index (χ3v) is 2.78. The van der Waals surface area contributed by atoms with E-state index in [1.165, 1.54) is 0 Å². The molecule has 0 bridgehead atoms. The predicted octanol–water partition coefficient (Wildman–Crippen LogP) is 1.48. The van der Waals surface area contributed by atoms with Crippen LogP contribution in [0.15, 0.2) is 16.8 Å². The molecular formula is C13H25N3O. The summed E-state index contributed by atoms with van der Waals surface area (Å²) in [5.74, 6) is 1.20. The monoisotopic (exact) mass is 239 g/mol. The van der Waals surface area contributed by atoms with Gasteiger partial charge in [-0.1, -0.05) is 20.8 Å². The molecule has 2 N–H and O–H groups in total. The first kappa shape index (κ1) is 14.0. The molecule has 4 heteroatoms. The molecule has 0 amide bonds. The van der Waals surface area contributed by atoms with Crippen LogP contribution in [0.5, 0.6) is 0 Å². The van der Waals surface area contributed by atoms with Crippen molar-refractivity contribution in [1.82, 2.24) is 4.90 Å². The zero-order valence-electron chi connectivity index (χ0n) is 11.7. The van der Waals surface area contributed by atoms with Crippen LogP contribution in [-0.2, 0) is 4.74 Å². The Morgan fingerprint density at radius 2 is 2.18 bits per heavy atom. The third kappa shape index (κ3) is 4.04. The number of aliphatic imine (C=N–C) groups is 1. The van der Waals surface area contributed by atoms with E-state index >= 15 is 0 Å². The molecular weight excluding hydrogens is 214 g/mol. The van der Waals surface area contributed by atoms with E-state index in [4.69, 9.17) is 10.5 Å². The molecule has 0 fully saturated rings. The minimum absolute atomic E-state index is 0.0258. The van der Waals surface area contributed by atoms with Gasteiger partial charge in [0.25, 0.3) is 0 Å². The Morgan fingerprint density at radius 3 is 2.53 bits per heavy atom. The van der Waals surface area contributed by atoms with Crippen molar-refractivity contribution < 1.29 is 4.74 Å². The van der Waals surface area contributed by atoms with Crippen molar-refractivity contribution in [3.63, 3.8) is 0 Å². The molecule has 0 saturated heterocycles. The molecule has 1 unspecified atom stereocenters. The summed E-state index contributed by atoms with van der Waals surface area (Å²) >= 11 is 0. The summed E-state index contributed by atoms with van der Waals surface area (Å²) in [6, 6.07) is 0. The molecule has 1 aliphatic rings. The fraction of sp³-hybridized carbons (Fsp3) is 0.769. The molecule has 1 aliphatic heterocycles. The van der Waals surface area contributed by atoms with E-state index in [-0.39, 0.29) is 5.41 Å². The van der Waals surface area contributed by atoms with Crippen LogP contribution in [0, 0.1) is 11.3 Å². The minimum atomic E-state index is -0.0258. The second-order valence-electron chi connectivity index (χ2n) is 5.92. The highest BCUT2D eigenvalue weighted by Crippen LogP contribution is 2.27. The lowest BCUT2D eigenvalue weighted by Gasteiger charge is -2.29. The van der Waals surface area contributed by atoms with Gasteiger partial charge < -0.3 is 15.4 Å². The van der Waals surface area contributed by atoms with Gasteiger partial charge in [0, 0.05) is 24.2 Å². The van der Waals surface area contributed by atoms with Crippen LogP contribution >= 0.6 is 0 Å². The predicted molar refractivity (Wildman–Crippen MR) is 72.0 cm³/mol. The van der Waals surface area contributed by atoms with Crippen LogP contribution in [-0.4, -0.2) is 44.6 Å².